The molecule has 4 rings (SSSR count). The molecule has 0 radical (unpaired) electrons. The van der Waals surface area contributed by atoms with E-state index in [0.717, 1.165) is 42.6 Å². The molecule has 4 fully saturated rings. The van der Waals surface area contributed by atoms with Crippen molar-refractivity contribution in [2.45, 2.75) is 83.8 Å². The molecule has 8 atom stereocenters. The van der Waals surface area contributed by atoms with E-state index in [2.05, 4.69) is 26.2 Å². The van der Waals surface area contributed by atoms with Gasteiger partial charge in [0.2, 0.25) is 0 Å². The molecular formula is C20H35NO. The van der Waals surface area contributed by atoms with Crippen molar-refractivity contribution in [1.29, 1.82) is 0 Å². The molecule has 0 saturated heterocycles. The fourth-order valence-corrected chi connectivity index (χ4v) is 7.71. The Balaban J connectivity index is 1.61. The SMILES string of the molecule is CN[C@H]1CC[C@@H]2[C@@H]3CC[C@H]4C[C@@H](O)CC[C@]4(C)[C@H]3CC[C@]12C. The van der Waals surface area contributed by atoms with Gasteiger partial charge in [0.25, 0.3) is 0 Å². The van der Waals surface area contributed by atoms with Gasteiger partial charge in [0.05, 0.1) is 6.10 Å². The van der Waals surface area contributed by atoms with Crippen LogP contribution in [0.25, 0.3) is 0 Å². The summed E-state index contributed by atoms with van der Waals surface area (Å²) < 4.78 is 0. The van der Waals surface area contributed by atoms with E-state index in [0.29, 0.717) is 10.8 Å². The van der Waals surface area contributed by atoms with Crippen LogP contribution in [0.4, 0.5) is 0 Å². The van der Waals surface area contributed by atoms with Gasteiger partial charge >= 0.3 is 0 Å². The first-order valence-corrected chi connectivity index (χ1v) is 9.84. The first-order chi connectivity index (χ1) is 10.5. The molecule has 0 heterocycles. The zero-order valence-electron chi connectivity index (χ0n) is 14.8. The lowest BCUT2D eigenvalue weighted by Gasteiger charge is -2.61. The number of aliphatic hydroxyl groups is 1. The lowest BCUT2D eigenvalue weighted by molar-refractivity contribution is -0.123. The molecule has 2 heteroatoms. The maximum Gasteiger partial charge on any atom is 0.0543 e. The van der Waals surface area contributed by atoms with Gasteiger partial charge in [0.15, 0.2) is 0 Å². The summed E-state index contributed by atoms with van der Waals surface area (Å²) in [6.07, 6.45) is 11.9. The maximum atomic E-state index is 10.1. The number of hydrogen-bond donors (Lipinski definition) is 2. The summed E-state index contributed by atoms with van der Waals surface area (Å²) in [5.41, 5.74) is 1.08. The number of nitrogens with one attached hydrogen (secondary N) is 1. The highest BCUT2D eigenvalue weighted by Crippen LogP contribution is 2.66. The first-order valence-electron chi connectivity index (χ1n) is 9.84. The van der Waals surface area contributed by atoms with Crippen molar-refractivity contribution in [3.8, 4) is 0 Å². The lowest BCUT2D eigenvalue weighted by atomic mass is 9.45. The van der Waals surface area contributed by atoms with Crippen molar-refractivity contribution in [1.82, 2.24) is 5.32 Å². The summed E-state index contributed by atoms with van der Waals surface area (Å²) in [7, 11) is 2.17. The van der Waals surface area contributed by atoms with Crippen LogP contribution < -0.4 is 5.32 Å². The first kappa shape index (κ1) is 15.4. The largest absolute Gasteiger partial charge is 0.393 e. The minimum absolute atomic E-state index is 0.0105. The van der Waals surface area contributed by atoms with Crippen LogP contribution in [0.15, 0.2) is 0 Å². The van der Waals surface area contributed by atoms with E-state index in [1.165, 1.54) is 44.9 Å². The van der Waals surface area contributed by atoms with Crippen molar-refractivity contribution < 1.29 is 5.11 Å². The molecule has 126 valence electrons. The fourth-order valence-electron chi connectivity index (χ4n) is 7.71. The van der Waals surface area contributed by atoms with E-state index in [1.807, 2.05) is 0 Å². The van der Waals surface area contributed by atoms with Gasteiger partial charge < -0.3 is 10.4 Å². The Hall–Kier alpha value is -0.0800. The Labute approximate surface area is 136 Å². The van der Waals surface area contributed by atoms with Gasteiger partial charge in [-0.3, -0.25) is 0 Å². The third-order valence-corrected chi connectivity index (χ3v) is 8.99. The van der Waals surface area contributed by atoms with Crippen molar-refractivity contribution in [2.24, 2.45) is 34.5 Å². The molecule has 2 nitrogen and oxygen atoms in total. The number of hydrogen-bond acceptors (Lipinski definition) is 2. The highest BCUT2D eigenvalue weighted by molar-refractivity contribution is 5.10. The monoisotopic (exact) mass is 305 g/mol. The van der Waals surface area contributed by atoms with Crippen molar-refractivity contribution in [3.05, 3.63) is 0 Å². The third-order valence-electron chi connectivity index (χ3n) is 8.99. The van der Waals surface area contributed by atoms with Crippen LogP contribution in [-0.2, 0) is 0 Å². The Kier molecular flexibility index (Phi) is 3.66. The van der Waals surface area contributed by atoms with Crippen LogP contribution in [0.5, 0.6) is 0 Å². The maximum absolute atomic E-state index is 10.1. The van der Waals surface area contributed by atoms with E-state index in [9.17, 15) is 5.11 Å². The van der Waals surface area contributed by atoms with Gasteiger partial charge in [-0.2, -0.15) is 0 Å². The summed E-state index contributed by atoms with van der Waals surface area (Å²) in [6.45, 7) is 5.18. The van der Waals surface area contributed by atoms with Gasteiger partial charge in [-0.05, 0) is 99.3 Å². The van der Waals surface area contributed by atoms with E-state index in [-0.39, 0.29) is 6.10 Å². The van der Waals surface area contributed by atoms with Crippen LogP contribution in [-0.4, -0.2) is 24.3 Å². The average molecular weight is 306 g/mol. The molecule has 0 aromatic heterocycles. The number of aliphatic hydroxyl groups excluding tert-OH is 1. The zero-order chi connectivity index (χ0) is 15.5. The van der Waals surface area contributed by atoms with E-state index in [1.54, 1.807) is 0 Å². The van der Waals surface area contributed by atoms with Gasteiger partial charge in [0, 0.05) is 6.04 Å². The second-order valence-electron chi connectivity index (χ2n) is 9.55. The molecule has 0 spiro atoms. The molecule has 0 amide bonds. The fraction of sp³-hybridized carbons (Fsp3) is 1.00. The molecule has 4 saturated carbocycles. The smallest absolute Gasteiger partial charge is 0.0543 e. The van der Waals surface area contributed by atoms with E-state index in [4.69, 9.17) is 0 Å². The summed E-state index contributed by atoms with van der Waals surface area (Å²) in [6, 6.07) is 0.747. The summed E-state index contributed by atoms with van der Waals surface area (Å²) >= 11 is 0. The van der Waals surface area contributed by atoms with Crippen LogP contribution in [0.1, 0.15) is 71.6 Å². The predicted molar refractivity (Wildman–Crippen MR) is 90.6 cm³/mol. The second-order valence-corrected chi connectivity index (χ2v) is 9.55. The quantitative estimate of drug-likeness (QED) is 0.768. The molecule has 0 aromatic rings. The predicted octanol–water partition coefficient (Wildman–Crippen LogP) is 3.98. The van der Waals surface area contributed by atoms with Crippen LogP contribution in [0.3, 0.4) is 0 Å². The standard InChI is InChI=1S/C20H35NO/c1-19-10-8-14(22)12-13(19)4-5-15-16-6-7-18(21-3)20(16,2)11-9-17(15)19/h13-18,21-22H,4-12H2,1-3H3/t13-,14-,15-,16+,17-,18-,19-,20-/m0/s1. The Morgan fingerprint density at radius 2 is 1.59 bits per heavy atom. The van der Waals surface area contributed by atoms with Gasteiger partial charge in [-0.15, -0.1) is 0 Å². The van der Waals surface area contributed by atoms with Gasteiger partial charge in [0.1, 0.15) is 0 Å². The molecule has 22 heavy (non-hydrogen) atoms. The highest BCUT2D eigenvalue weighted by atomic mass is 16.3. The van der Waals surface area contributed by atoms with Gasteiger partial charge in [-0.1, -0.05) is 13.8 Å². The van der Waals surface area contributed by atoms with E-state index >= 15 is 0 Å². The van der Waals surface area contributed by atoms with Crippen LogP contribution >= 0.6 is 0 Å². The normalized spacial score (nSPS) is 57.8. The molecule has 4 aliphatic rings. The Morgan fingerprint density at radius 3 is 2.36 bits per heavy atom. The van der Waals surface area contributed by atoms with Crippen molar-refractivity contribution in [3.63, 3.8) is 0 Å². The number of rotatable bonds is 1. The topological polar surface area (TPSA) is 32.3 Å². The van der Waals surface area contributed by atoms with Crippen LogP contribution in [0.2, 0.25) is 0 Å². The molecule has 0 bridgehead atoms. The Morgan fingerprint density at radius 1 is 0.864 bits per heavy atom. The number of fused-ring (bicyclic) bond motifs is 5. The van der Waals surface area contributed by atoms with E-state index < -0.39 is 0 Å². The highest BCUT2D eigenvalue weighted by Gasteiger charge is 2.59. The molecule has 0 unspecified atom stereocenters. The van der Waals surface area contributed by atoms with Gasteiger partial charge in [-0.25, -0.2) is 0 Å². The average Bonchev–Trinajstić information content (AvgIpc) is 2.84. The summed E-state index contributed by atoms with van der Waals surface area (Å²) in [5.74, 6) is 3.65. The van der Waals surface area contributed by atoms with Crippen molar-refractivity contribution >= 4 is 0 Å². The lowest BCUT2D eigenvalue weighted by Crippen LogP contribution is -2.55. The molecular weight excluding hydrogens is 270 g/mol. The Bertz CT molecular complexity index is 437. The molecule has 0 aromatic carbocycles. The molecule has 2 N–H and O–H groups in total. The zero-order valence-corrected chi connectivity index (χ0v) is 14.8. The minimum atomic E-state index is -0.0105. The molecule has 4 aliphatic carbocycles. The molecule has 0 aliphatic heterocycles. The summed E-state index contributed by atoms with van der Waals surface area (Å²) in [5, 5.41) is 13.7. The van der Waals surface area contributed by atoms with Crippen LogP contribution in [0, 0.1) is 34.5 Å². The third kappa shape index (κ3) is 1.99. The summed E-state index contributed by atoms with van der Waals surface area (Å²) in [4.78, 5) is 0. The second kappa shape index (κ2) is 5.21. The minimum Gasteiger partial charge on any atom is -0.393 e. The van der Waals surface area contributed by atoms with Crippen molar-refractivity contribution in [2.75, 3.05) is 7.05 Å².